The number of hydrogen-bond acceptors (Lipinski definition) is 4. The molecule has 2 fully saturated rings. The number of carbonyl (C=O) groups is 1. The number of rotatable bonds is 4. The summed E-state index contributed by atoms with van der Waals surface area (Å²) in [5.74, 6) is 0.580. The number of amides is 1. The zero-order valence-corrected chi connectivity index (χ0v) is 14.7. The predicted molar refractivity (Wildman–Crippen MR) is 93.9 cm³/mol. The number of pyridine rings is 1. The first kappa shape index (κ1) is 17.4. The molecule has 3 rings (SSSR count). The van der Waals surface area contributed by atoms with Gasteiger partial charge in [0.15, 0.2) is 0 Å². The number of likely N-dealkylation sites (tertiary alicyclic amines) is 1. The van der Waals surface area contributed by atoms with Crippen LogP contribution in [-0.2, 0) is 16.0 Å². The minimum Gasteiger partial charge on any atom is -0.379 e. The Kier molecular flexibility index (Phi) is 6.21. The van der Waals surface area contributed by atoms with Gasteiger partial charge >= 0.3 is 0 Å². The molecule has 132 valence electrons. The molecule has 0 N–H and O–H groups in total. The van der Waals surface area contributed by atoms with E-state index in [1.807, 2.05) is 17.9 Å². The van der Waals surface area contributed by atoms with Crippen LogP contribution in [0, 0.1) is 12.8 Å². The van der Waals surface area contributed by atoms with Crippen LogP contribution in [0.2, 0.25) is 0 Å². The molecule has 0 unspecified atom stereocenters. The average molecular weight is 331 g/mol. The van der Waals surface area contributed by atoms with Gasteiger partial charge < -0.3 is 9.64 Å². The molecule has 0 aliphatic carbocycles. The van der Waals surface area contributed by atoms with Crippen molar-refractivity contribution >= 4 is 5.91 Å². The maximum atomic E-state index is 12.7. The first-order valence-corrected chi connectivity index (χ1v) is 9.21. The molecule has 24 heavy (non-hydrogen) atoms. The van der Waals surface area contributed by atoms with Crippen molar-refractivity contribution in [1.82, 2.24) is 14.8 Å². The molecule has 3 heterocycles. The van der Waals surface area contributed by atoms with Gasteiger partial charge in [-0.05, 0) is 51.4 Å². The Morgan fingerprint density at radius 1 is 1.25 bits per heavy atom. The van der Waals surface area contributed by atoms with Gasteiger partial charge in [-0.25, -0.2) is 0 Å². The lowest BCUT2D eigenvalue weighted by atomic mass is 10.0. The van der Waals surface area contributed by atoms with Crippen molar-refractivity contribution in [2.45, 2.75) is 32.6 Å². The van der Waals surface area contributed by atoms with Crippen LogP contribution in [0.4, 0.5) is 0 Å². The van der Waals surface area contributed by atoms with Gasteiger partial charge in [0.1, 0.15) is 0 Å². The molecular formula is C19H29N3O2. The van der Waals surface area contributed by atoms with E-state index in [9.17, 15) is 4.79 Å². The van der Waals surface area contributed by atoms with E-state index in [1.165, 1.54) is 19.3 Å². The molecule has 0 spiro atoms. The van der Waals surface area contributed by atoms with E-state index in [4.69, 9.17) is 4.74 Å². The van der Waals surface area contributed by atoms with E-state index in [2.05, 4.69) is 22.0 Å². The minimum atomic E-state index is 0.254. The Morgan fingerprint density at radius 3 is 2.88 bits per heavy atom. The smallest absolute Gasteiger partial charge is 0.236 e. The standard InChI is InChI=1S/C19H29N3O2/c1-16-6-5-7-18(20-16)12-17-13-22(10-11-24-15-17)19(23)14-21-8-3-2-4-9-21/h5-7,17H,2-4,8-15H2,1H3/t17-/m1/s1. The van der Waals surface area contributed by atoms with Crippen molar-refractivity contribution in [1.29, 1.82) is 0 Å². The summed E-state index contributed by atoms with van der Waals surface area (Å²) in [6.45, 7) is 7.55. The van der Waals surface area contributed by atoms with E-state index in [0.717, 1.165) is 37.4 Å². The summed E-state index contributed by atoms with van der Waals surface area (Å²) in [5.41, 5.74) is 2.13. The molecule has 2 aliphatic heterocycles. The number of aromatic nitrogens is 1. The summed E-state index contributed by atoms with van der Waals surface area (Å²) in [5, 5.41) is 0. The van der Waals surface area contributed by atoms with Crippen LogP contribution >= 0.6 is 0 Å². The summed E-state index contributed by atoms with van der Waals surface area (Å²) in [6, 6.07) is 6.13. The van der Waals surface area contributed by atoms with Gasteiger partial charge in [-0.3, -0.25) is 14.7 Å². The van der Waals surface area contributed by atoms with Crippen molar-refractivity contribution in [3.8, 4) is 0 Å². The van der Waals surface area contributed by atoms with Crippen LogP contribution in [0.3, 0.4) is 0 Å². The van der Waals surface area contributed by atoms with Crippen molar-refractivity contribution in [2.75, 3.05) is 45.9 Å². The first-order valence-electron chi connectivity index (χ1n) is 9.21. The molecule has 1 aromatic heterocycles. The number of carbonyl (C=O) groups excluding carboxylic acids is 1. The minimum absolute atomic E-state index is 0.254. The van der Waals surface area contributed by atoms with Crippen molar-refractivity contribution in [3.63, 3.8) is 0 Å². The molecule has 0 radical (unpaired) electrons. The molecule has 0 saturated carbocycles. The van der Waals surface area contributed by atoms with Crippen LogP contribution in [0.1, 0.15) is 30.7 Å². The van der Waals surface area contributed by atoms with Crippen LogP contribution < -0.4 is 0 Å². The van der Waals surface area contributed by atoms with Gasteiger partial charge in [0.25, 0.3) is 0 Å². The largest absolute Gasteiger partial charge is 0.379 e. The molecule has 2 aliphatic rings. The topological polar surface area (TPSA) is 45.7 Å². The fraction of sp³-hybridized carbons (Fsp3) is 0.684. The van der Waals surface area contributed by atoms with Gasteiger partial charge in [0.2, 0.25) is 5.91 Å². The fourth-order valence-corrected chi connectivity index (χ4v) is 3.65. The average Bonchev–Trinajstić information content (AvgIpc) is 2.81. The van der Waals surface area contributed by atoms with E-state index in [0.29, 0.717) is 32.2 Å². The Hall–Kier alpha value is -1.46. The highest BCUT2D eigenvalue weighted by atomic mass is 16.5. The number of aryl methyl sites for hydroxylation is 1. The summed E-state index contributed by atoms with van der Waals surface area (Å²) >= 11 is 0. The Balaban J connectivity index is 1.56. The van der Waals surface area contributed by atoms with Crippen molar-refractivity contribution in [3.05, 3.63) is 29.6 Å². The second-order valence-electron chi connectivity index (χ2n) is 7.09. The molecule has 1 aromatic rings. The molecule has 5 nitrogen and oxygen atoms in total. The monoisotopic (exact) mass is 331 g/mol. The second kappa shape index (κ2) is 8.58. The molecule has 0 bridgehead atoms. The van der Waals surface area contributed by atoms with Crippen LogP contribution in [0.25, 0.3) is 0 Å². The van der Waals surface area contributed by atoms with Gasteiger partial charge in [-0.2, -0.15) is 0 Å². The van der Waals surface area contributed by atoms with Gasteiger partial charge in [0, 0.05) is 30.4 Å². The molecule has 1 atom stereocenters. The third-order valence-corrected chi connectivity index (χ3v) is 4.94. The van der Waals surface area contributed by atoms with Crippen LogP contribution in [-0.4, -0.2) is 66.6 Å². The van der Waals surface area contributed by atoms with E-state index in [-0.39, 0.29) is 5.91 Å². The lowest BCUT2D eigenvalue weighted by Crippen LogP contribution is -2.44. The molecule has 5 heteroatoms. The molecule has 1 amide bonds. The maximum Gasteiger partial charge on any atom is 0.236 e. The van der Waals surface area contributed by atoms with E-state index >= 15 is 0 Å². The van der Waals surface area contributed by atoms with E-state index < -0.39 is 0 Å². The third kappa shape index (κ3) is 5.02. The Morgan fingerprint density at radius 2 is 2.08 bits per heavy atom. The molecular weight excluding hydrogens is 302 g/mol. The van der Waals surface area contributed by atoms with Crippen LogP contribution in [0.15, 0.2) is 18.2 Å². The third-order valence-electron chi connectivity index (χ3n) is 4.94. The molecule has 0 aromatic carbocycles. The highest BCUT2D eigenvalue weighted by Crippen LogP contribution is 2.15. The lowest BCUT2D eigenvalue weighted by molar-refractivity contribution is -0.133. The van der Waals surface area contributed by atoms with Crippen LogP contribution in [0.5, 0.6) is 0 Å². The summed E-state index contributed by atoms with van der Waals surface area (Å²) in [7, 11) is 0. The maximum absolute atomic E-state index is 12.7. The summed E-state index contributed by atoms with van der Waals surface area (Å²) < 4.78 is 5.74. The van der Waals surface area contributed by atoms with Crippen molar-refractivity contribution < 1.29 is 9.53 Å². The first-order chi connectivity index (χ1) is 11.7. The Labute approximate surface area is 145 Å². The number of ether oxygens (including phenoxy) is 1. The number of nitrogens with zero attached hydrogens (tertiary/aromatic N) is 3. The fourth-order valence-electron chi connectivity index (χ4n) is 3.65. The normalized spacial score (nSPS) is 23.0. The zero-order valence-electron chi connectivity index (χ0n) is 14.7. The SMILES string of the molecule is Cc1cccc(C[C@H]2COCCN(C(=O)CN3CCCCC3)C2)n1. The highest BCUT2D eigenvalue weighted by Gasteiger charge is 2.24. The highest BCUT2D eigenvalue weighted by molar-refractivity contribution is 5.78. The molecule has 2 saturated heterocycles. The summed E-state index contributed by atoms with van der Waals surface area (Å²) in [6.07, 6.45) is 4.61. The number of piperidine rings is 1. The van der Waals surface area contributed by atoms with E-state index in [1.54, 1.807) is 0 Å². The van der Waals surface area contributed by atoms with Gasteiger partial charge in [0.05, 0.1) is 19.8 Å². The lowest BCUT2D eigenvalue weighted by Gasteiger charge is -2.30. The zero-order chi connectivity index (χ0) is 16.8. The van der Waals surface area contributed by atoms with Gasteiger partial charge in [-0.15, -0.1) is 0 Å². The van der Waals surface area contributed by atoms with Crippen molar-refractivity contribution in [2.24, 2.45) is 5.92 Å². The second-order valence-corrected chi connectivity index (χ2v) is 7.09. The number of hydrogen-bond donors (Lipinski definition) is 0. The Bertz CT molecular complexity index is 543. The predicted octanol–water partition coefficient (Wildman–Crippen LogP) is 1.89. The summed E-state index contributed by atoms with van der Waals surface area (Å²) in [4.78, 5) is 21.6. The quantitative estimate of drug-likeness (QED) is 0.845. The van der Waals surface area contributed by atoms with Gasteiger partial charge in [-0.1, -0.05) is 12.5 Å².